The van der Waals surface area contributed by atoms with E-state index in [0.717, 1.165) is 56.0 Å². The predicted octanol–water partition coefficient (Wildman–Crippen LogP) is 3.18. The van der Waals surface area contributed by atoms with E-state index < -0.39 is 0 Å². The monoisotopic (exact) mass is 340 g/mol. The molecule has 0 unspecified atom stereocenters. The normalized spacial score (nSPS) is 14.9. The highest BCUT2D eigenvalue weighted by Crippen LogP contribution is 2.26. The van der Waals surface area contributed by atoms with E-state index in [1.807, 2.05) is 18.2 Å². The minimum atomic E-state index is 0.701. The third kappa shape index (κ3) is 3.34. The fourth-order valence-electron chi connectivity index (χ4n) is 2.91. The molecule has 4 rings (SSSR count). The summed E-state index contributed by atoms with van der Waals surface area (Å²) in [6.45, 7) is 4.08. The van der Waals surface area contributed by atoms with Gasteiger partial charge in [0, 0.05) is 29.9 Å². The number of benzene rings is 1. The van der Waals surface area contributed by atoms with Crippen molar-refractivity contribution in [3.05, 3.63) is 46.7 Å². The zero-order chi connectivity index (χ0) is 16.2. The van der Waals surface area contributed by atoms with E-state index in [2.05, 4.69) is 38.8 Å². The summed E-state index contributed by atoms with van der Waals surface area (Å²) in [6, 6.07) is 12.4. The molecular weight excluding hydrogens is 320 g/mol. The van der Waals surface area contributed by atoms with Gasteiger partial charge in [0.05, 0.1) is 18.7 Å². The van der Waals surface area contributed by atoms with Crippen LogP contribution in [0.4, 0.5) is 11.8 Å². The van der Waals surface area contributed by atoms with Gasteiger partial charge in [-0.05, 0) is 30.0 Å². The first-order valence-electron chi connectivity index (χ1n) is 8.26. The number of nitrogens with one attached hydrogen (secondary N) is 1. The Bertz CT molecular complexity index is 800. The van der Waals surface area contributed by atoms with Crippen molar-refractivity contribution in [2.45, 2.75) is 6.42 Å². The first-order chi connectivity index (χ1) is 11.9. The van der Waals surface area contributed by atoms with Crippen LogP contribution in [0.1, 0.15) is 4.88 Å². The molecule has 1 aliphatic heterocycles. The minimum Gasteiger partial charge on any atom is -0.378 e. The molecule has 1 fully saturated rings. The van der Waals surface area contributed by atoms with Gasteiger partial charge in [-0.25, -0.2) is 4.98 Å². The van der Waals surface area contributed by atoms with Gasteiger partial charge in [-0.1, -0.05) is 18.2 Å². The van der Waals surface area contributed by atoms with Gasteiger partial charge in [-0.2, -0.15) is 4.98 Å². The topological polar surface area (TPSA) is 50.3 Å². The van der Waals surface area contributed by atoms with Gasteiger partial charge in [-0.15, -0.1) is 11.3 Å². The van der Waals surface area contributed by atoms with Crippen LogP contribution in [0, 0.1) is 0 Å². The molecule has 3 heterocycles. The first kappa shape index (κ1) is 15.4. The Morgan fingerprint density at radius 2 is 1.96 bits per heavy atom. The molecule has 1 aromatic carbocycles. The largest absolute Gasteiger partial charge is 0.378 e. The van der Waals surface area contributed by atoms with Crippen LogP contribution >= 0.6 is 11.3 Å². The number of hydrogen-bond acceptors (Lipinski definition) is 6. The number of para-hydroxylation sites is 1. The van der Waals surface area contributed by atoms with Crippen molar-refractivity contribution in [2.24, 2.45) is 0 Å². The number of morpholine rings is 1. The predicted molar refractivity (Wildman–Crippen MR) is 99.1 cm³/mol. The lowest BCUT2D eigenvalue weighted by Crippen LogP contribution is -2.37. The fraction of sp³-hybridized carbons (Fsp3) is 0.333. The van der Waals surface area contributed by atoms with E-state index in [1.165, 1.54) is 4.88 Å². The highest BCUT2D eigenvalue weighted by atomic mass is 32.1. The van der Waals surface area contributed by atoms with E-state index in [1.54, 1.807) is 11.3 Å². The molecule has 1 N–H and O–H groups in total. The maximum Gasteiger partial charge on any atom is 0.225 e. The summed E-state index contributed by atoms with van der Waals surface area (Å²) in [5, 5.41) is 6.59. The number of fused-ring (bicyclic) bond motifs is 1. The molecule has 0 atom stereocenters. The zero-order valence-electron chi connectivity index (χ0n) is 13.4. The summed E-state index contributed by atoms with van der Waals surface area (Å²) < 4.78 is 5.47. The molecule has 0 radical (unpaired) electrons. The molecule has 6 heteroatoms. The molecular formula is C18H20N4OS. The summed E-state index contributed by atoms with van der Waals surface area (Å²) in [5.74, 6) is 1.70. The van der Waals surface area contributed by atoms with Crippen molar-refractivity contribution < 1.29 is 4.74 Å². The molecule has 0 aliphatic carbocycles. The molecule has 5 nitrogen and oxygen atoms in total. The summed E-state index contributed by atoms with van der Waals surface area (Å²) in [7, 11) is 0. The van der Waals surface area contributed by atoms with E-state index in [9.17, 15) is 0 Å². The molecule has 1 saturated heterocycles. The third-order valence-corrected chi connectivity index (χ3v) is 5.06. The van der Waals surface area contributed by atoms with Crippen LogP contribution < -0.4 is 10.2 Å². The van der Waals surface area contributed by atoms with Gasteiger partial charge in [-0.3, -0.25) is 0 Å². The highest BCUT2D eigenvalue weighted by Gasteiger charge is 2.17. The van der Waals surface area contributed by atoms with Crippen LogP contribution in [0.25, 0.3) is 10.9 Å². The average molecular weight is 340 g/mol. The quantitative estimate of drug-likeness (QED) is 0.773. The molecule has 1 aliphatic rings. The van der Waals surface area contributed by atoms with Crippen LogP contribution in [0.2, 0.25) is 0 Å². The van der Waals surface area contributed by atoms with Crippen molar-refractivity contribution >= 4 is 34.0 Å². The molecule has 2 aromatic heterocycles. The molecule has 3 aromatic rings. The van der Waals surface area contributed by atoms with Gasteiger partial charge in [0.15, 0.2) is 0 Å². The standard InChI is InChI=1S/C18H20N4OS/c1-2-6-16-15(5-1)17(22-9-11-23-12-10-22)21-18(20-16)19-8-7-14-4-3-13-24-14/h1-6,13H,7-12H2,(H,19,20,21). The van der Waals surface area contributed by atoms with Crippen molar-refractivity contribution in [3.8, 4) is 0 Å². The van der Waals surface area contributed by atoms with Crippen LogP contribution in [-0.2, 0) is 11.2 Å². The maximum absolute atomic E-state index is 5.47. The van der Waals surface area contributed by atoms with Gasteiger partial charge in [0.1, 0.15) is 5.82 Å². The van der Waals surface area contributed by atoms with Crippen molar-refractivity contribution in [3.63, 3.8) is 0 Å². The number of anilines is 2. The van der Waals surface area contributed by atoms with Crippen molar-refractivity contribution in [2.75, 3.05) is 43.1 Å². The molecule has 0 saturated carbocycles. The Balaban J connectivity index is 1.58. The Labute approximate surface area is 145 Å². The van der Waals surface area contributed by atoms with Gasteiger partial charge in [0.25, 0.3) is 0 Å². The average Bonchev–Trinajstić information content (AvgIpc) is 3.15. The van der Waals surface area contributed by atoms with E-state index in [0.29, 0.717) is 5.95 Å². The Morgan fingerprint density at radius 1 is 1.08 bits per heavy atom. The lowest BCUT2D eigenvalue weighted by atomic mass is 10.2. The SMILES string of the molecule is c1csc(CCNc2nc(N3CCOCC3)c3ccccc3n2)c1. The van der Waals surface area contributed by atoms with E-state index in [-0.39, 0.29) is 0 Å². The summed E-state index contributed by atoms with van der Waals surface area (Å²) in [6.07, 6.45) is 0.987. The Morgan fingerprint density at radius 3 is 2.79 bits per heavy atom. The summed E-state index contributed by atoms with van der Waals surface area (Å²) in [4.78, 5) is 13.1. The summed E-state index contributed by atoms with van der Waals surface area (Å²) >= 11 is 1.78. The number of aromatic nitrogens is 2. The highest BCUT2D eigenvalue weighted by molar-refractivity contribution is 7.09. The number of thiophene rings is 1. The Hall–Kier alpha value is -2.18. The van der Waals surface area contributed by atoms with Crippen LogP contribution in [0.3, 0.4) is 0 Å². The summed E-state index contributed by atoms with van der Waals surface area (Å²) in [5.41, 5.74) is 0.979. The van der Waals surface area contributed by atoms with E-state index in [4.69, 9.17) is 9.72 Å². The van der Waals surface area contributed by atoms with Crippen LogP contribution in [0.5, 0.6) is 0 Å². The van der Waals surface area contributed by atoms with Gasteiger partial charge >= 0.3 is 0 Å². The van der Waals surface area contributed by atoms with Crippen LogP contribution in [0.15, 0.2) is 41.8 Å². The molecule has 124 valence electrons. The minimum absolute atomic E-state index is 0.701. The zero-order valence-corrected chi connectivity index (χ0v) is 14.3. The lowest BCUT2D eigenvalue weighted by Gasteiger charge is -2.29. The Kier molecular flexibility index (Phi) is 4.57. The van der Waals surface area contributed by atoms with Crippen molar-refractivity contribution in [1.82, 2.24) is 9.97 Å². The molecule has 0 amide bonds. The van der Waals surface area contributed by atoms with Crippen molar-refractivity contribution in [1.29, 1.82) is 0 Å². The fourth-order valence-corrected chi connectivity index (χ4v) is 3.62. The smallest absolute Gasteiger partial charge is 0.225 e. The second-order valence-corrected chi connectivity index (χ2v) is 6.78. The maximum atomic E-state index is 5.47. The van der Waals surface area contributed by atoms with E-state index >= 15 is 0 Å². The molecule has 0 bridgehead atoms. The lowest BCUT2D eigenvalue weighted by molar-refractivity contribution is 0.122. The van der Waals surface area contributed by atoms with Gasteiger partial charge in [0.2, 0.25) is 5.95 Å². The number of rotatable bonds is 5. The first-order valence-corrected chi connectivity index (χ1v) is 9.14. The van der Waals surface area contributed by atoms with Gasteiger partial charge < -0.3 is 15.0 Å². The van der Waals surface area contributed by atoms with Crippen LogP contribution in [-0.4, -0.2) is 42.8 Å². The molecule has 24 heavy (non-hydrogen) atoms. The second-order valence-electron chi connectivity index (χ2n) is 5.74. The second kappa shape index (κ2) is 7.15. The number of nitrogens with zero attached hydrogens (tertiary/aromatic N) is 3. The number of hydrogen-bond donors (Lipinski definition) is 1. The third-order valence-electron chi connectivity index (χ3n) is 4.13. The molecule has 0 spiro atoms. The number of ether oxygens (including phenoxy) is 1.